The molecule has 0 bridgehead atoms. The maximum Gasteiger partial charge on any atom is 0.310 e. The number of thioether (sulfide) groups is 1. The van der Waals surface area contributed by atoms with E-state index < -0.39 is 0 Å². The van der Waals surface area contributed by atoms with Gasteiger partial charge in [-0.15, -0.1) is 17.3 Å². The van der Waals surface area contributed by atoms with Crippen LogP contribution in [-0.4, -0.2) is 24.1 Å². The number of carbonyl (C=O) groups is 2. The lowest BCUT2D eigenvalue weighted by atomic mass is 10.0. The molecule has 0 unspecified atom stereocenters. The fourth-order valence-corrected chi connectivity index (χ4v) is 5.71. The summed E-state index contributed by atoms with van der Waals surface area (Å²) in [7, 11) is 0. The molecular weight excluding hydrogens is 633 g/mol. The van der Waals surface area contributed by atoms with Crippen LogP contribution in [0.2, 0.25) is 0 Å². The number of nitrogens with zero attached hydrogens (tertiary/aromatic N) is 1. The Morgan fingerprint density at radius 3 is 2.42 bits per heavy atom. The number of hydrogen-bond acceptors (Lipinski definition) is 5. The van der Waals surface area contributed by atoms with E-state index in [1.54, 1.807) is 37.7 Å². The van der Waals surface area contributed by atoms with Gasteiger partial charge in [-0.25, -0.2) is 0 Å². The Labute approximate surface area is 228 Å². The number of benzene rings is 1. The zero-order valence-electron chi connectivity index (χ0n) is 18.5. The molecule has 2 aromatic heterocycles. The van der Waals surface area contributed by atoms with Gasteiger partial charge in [0.2, 0.25) is 11.5 Å². The van der Waals surface area contributed by atoms with Gasteiger partial charge in [-0.1, -0.05) is 33.6 Å². The van der Waals surface area contributed by atoms with Gasteiger partial charge in [0.15, 0.2) is 12.4 Å². The minimum absolute atomic E-state index is 0. The van der Waals surface area contributed by atoms with Crippen molar-refractivity contribution in [2.24, 2.45) is 0 Å². The molecule has 0 amide bonds. The first kappa shape index (κ1) is 27.6. The zero-order chi connectivity index (χ0) is 23.1. The molecule has 0 spiro atoms. The van der Waals surface area contributed by atoms with Crippen molar-refractivity contribution in [3.63, 3.8) is 0 Å². The van der Waals surface area contributed by atoms with E-state index in [-0.39, 0.29) is 42.2 Å². The first-order valence-corrected chi connectivity index (χ1v) is 12.7. The summed E-state index contributed by atoms with van der Waals surface area (Å²) in [5, 5.41) is 0. The summed E-state index contributed by atoms with van der Waals surface area (Å²) in [6.45, 7) is 5.89. The average Bonchev–Trinajstić information content (AvgIpc) is 3.12. The van der Waals surface area contributed by atoms with Gasteiger partial charge in [0.05, 0.1) is 29.2 Å². The Morgan fingerprint density at radius 2 is 1.82 bits per heavy atom. The van der Waals surface area contributed by atoms with E-state index in [1.807, 2.05) is 48.1 Å². The summed E-state index contributed by atoms with van der Waals surface area (Å²) in [6.07, 6.45) is 3.93. The smallest absolute Gasteiger partial charge is 0.310 e. The van der Waals surface area contributed by atoms with Crippen molar-refractivity contribution in [3.05, 3.63) is 74.8 Å². The van der Waals surface area contributed by atoms with Crippen LogP contribution in [-0.2, 0) is 16.0 Å². The van der Waals surface area contributed by atoms with E-state index in [2.05, 4.69) is 27.8 Å². The number of carbonyl (C=O) groups excluding carboxylic acids is 2. The lowest BCUT2D eigenvalue weighted by Crippen LogP contribution is -3.00. The molecule has 1 aromatic carbocycles. The maximum atomic E-state index is 13.5. The number of aryl methyl sites for hydroxylation is 1. The summed E-state index contributed by atoms with van der Waals surface area (Å²) < 4.78 is 9.05. The molecule has 0 radical (unpaired) electrons. The number of pyridine rings is 1. The van der Waals surface area contributed by atoms with Crippen LogP contribution in [0.15, 0.2) is 57.5 Å². The molecule has 0 aliphatic heterocycles. The molecule has 3 rings (SSSR count). The van der Waals surface area contributed by atoms with Gasteiger partial charge < -0.3 is 28.7 Å². The molecule has 8 heteroatoms. The normalized spacial score (nSPS) is 10.1. The van der Waals surface area contributed by atoms with Crippen LogP contribution in [0.5, 0.6) is 0 Å². The van der Waals surface area contributed by atoms with Gasteiger partial charge in [0.1, 0.15) is 4.21 Å². The summed E-state index contributed by atoms with van der Waals surface area (Å²) in [6, 6.07) is 11.3. The third-order valence-electron chi connectivity index (χ3n) is 4.59. The molecular formula is C25H23BrINO3S2. The topological polar surface area (TPSA) is 47.3 Å². The molecule has 0 aliphatic carbocycles. The average molecular weight is 656 g/mol. The van der Waals surface area contributed by atoms with Crippen LogP contribution >= 0.6 is 39.0 Å². The molecule has 2 heterocycles. The first-order chi connectivity index (χ1) is 15.4. The van der Waals surface area contributed by atoms with E-state index in [1.165, 1.54) is 11.3 Å². The highest BCUT2D eigenvalue weighted by molar-refractivity contribution is 9.10. The number of halogens is 2. The van der Waals surface area contributed by atoms with Crippen molar-refractivity contribution >= 4 is 50.8 Å². The fraction of sp³-hybridized carbons (Fsp3) is 0.240. The van der Waals surface area contributed by atoms with Gasteiger partial charge in [-0.05, 0) is 50.6 Å². The van der Waals surface area contributed by atoms with Gasteiger partial charge in [-0.3, -0.25) is 9.59 Å². The van der Waals surface area contributed by atoms with E-state index in [4.69, 9.17) is 4.74 Å². The lowest BCUT2D eigenvalue weighted by Gasteiger charge is -2.06. The van der Waals surface area contributed by atoms with Crippen LogP contribution in [0, 0.1) is 18.8 Å². The Bertz CT molecular complexity index is 1180. The zero-order valence-corrected chi connectivity index (χ0v) is 23.9. The van der Waals surface area contributed by atoms with Crippen LogP contribution in [0.4, 0.5) is 0 Å². The fourth-order valence-electron chi connectivity index (χ4n) is 3.05. The Morgan fingerprint density at radius 1 is 1.15 bits per heavy atom. The van der Waals surface area contributed by atoms with Crippen LogP contribution in [0.25, 0.3) is 5.69 Å². The molecule has 0 fully saturated rings. The second kappa shape index (κ2) is 13.3. The monoisotopic (exact) mass is 655 g/mol. The number of ketones is 1. The molecule has 0 N–H and O–H groups in total. The SMILES string of the molecule is CC#CCSc1sc(C(=O)c2ccc(Br)cc2)c(CC(=O)OCC)c1-[n+]1ccc(C)cc1.[I-]. The largest absolute Gasteiger partial charge is 1.00 e. The Kier molecular flexibility index (Phi) is 11.1. The van der Waals surface area contributed by atoms with Crippen LogP contribution in [0.1, 0.15) is 40.2 Å². The second-order valence-corrected chi connectivity index (χ2v) is 10.0. The second-order valence-electron chi connectivity index (χ2n) is 6.86. The maximum absolute atomic E-state index is 13.5. The predicted molar refractivity (Wildman–Crippen MR) is 133 cm³/mol. The number of esters is 1. The van der Waals surface area contributed by atoms with Crippen molar-refractivity contribution in [1.29, 1.82) is 0 Å². The molecule has 0 atom stereocenters. The summed E-state index contributed by atoms with van der Waals surface area (Å²) in [4.78, 5) is 26.5. The summed E-state index contributed by atoms with van der Waals surface area (Å²) in [5.41, 5.74) is 3.22. The highest BCUT2D eigenvalue weighted by atomic mass is 127. The Hall–Kier alpha value is -1.67. The number of hydrogen-bond donors (Lipinski definition) is 0. The molecule has 3 aromatic rings. The molecule has 172 valence electrons. The van der Waals surface area contributed by atoms with Crippen molar-refractivity contribution in [2.45, 2.75) is 31.4 Å². The first-order valence-electron chi connectivity index (χ1n) is 10.1. The van der Waals surface area contributed by atoms with Gasteiger partial charge in [0, 0.05) is 22.2 Å². The molecule has 0 saturated heterocycles. The van der Waals surface area contributed by atoms with Gasteiger partial charge in [0.25, 0.3) is 0 Å². The predicted octanol–water partition coefficient (Wildman–Crippen LogP) is 2.55. The van der Waals surface area contributed by atoms with Crippen molar-refractivity contribution in [1.82, 2.24) is 0 Å². The summed E-state index contributed by atoms with van der Waals surface area (Å²) in [5.74, 6) is 6.12. The van der Waals surface area contributed by atoms with Crippen molar-refractivity contribution in [2.75, 3.05) is 12.4 Å². The third kappa shape index (κ3) is 7.15. The van der Waals surface area contributed by atoms with Crippen molar-refractivity contribution < 1.29 is 42.9 Å². The van der Waals surface area contributed by atoms with Gasteiger partial charge >= 0.3 is 5.97 Å². The van der Waals surface area contributed by atoms with E-state index in [0.717, 1.165) is 19.9 Å². The molecule has 0 aliphatic rings. The van der Waals surface area contributed by atoms with Crippen LogP contribution < -0.4 is 28.5 Å². The molecule has 33 heavy (non-hydrogen) atoms. The Balaban J connectivity index is 0.00000385. The number of thiophene rings is 1. The van der Waals surface area contributed by atoms with E-state index >= 15 is 0 Å². The van der Waals surface area contributed by atoms with Gasteiger partial charge in [-0.2, -0.15) is 4.57 Å². The number of aromatic nitrogens is 1. The highest BCUT2D eigenvalue weighted by Crippen LogP contribution is 2.38. The minimum atomic E-state index is -0.353. The van der Waals surface area contributed by atoms with E-state index in [0.29, 0.717) is 28.4 Å². The highest BCUT2D eigenvalue weighted by Gasteiger charge is 2.31. The van der Waals surface area contributed by atoms with E-state index in [9.17, 15) is 9.59 Å². The van der Waals surface area contributed by atoms with Crippen molar-refractivity contribution in [3.8, 4) is 17.5 Å². The standard InChI is InChI=1S/C25H23BrNO3S2.HI/c1-4-6-15-31-25-22(27-13-11-17(3)12-14-27)20(16-21(28)30-5-2)24(32-25)23(29)18-7-9-19(26)10-8-18;/h7-14H,5,15-16H2,1-3H3;1H/q+1;/p-1. The number of rotatable bonds is 8. The molecule has 4 nitrogen and oxygen atoms in total. The quantitative estimate of drug-likeness (QED) is 0.0935. The number of ether oxygens (including phenoxy) is 1. The third-order valence-corrected chi connectivity index (χ3v) is 7.48. The van der Waals surface area contributed by atoms with Crippen LogP contribution in [0.3, 0.4) is 0 Å². The lowest BCUT2D eigenvalue weighted by molar-refractivity contribution is -0.598. The minimum Gasteiger partial charge on any atom is -1.00 e. The summed E-state index contributed by atoms with van der Waals surface area (Å²) >= 11 is 6.39. The molecule has 0 saturated carbocycles.